The second kappa shape index (κ2) is 10.6. The van der Waals surface area contributed by atoms with Crippen LogP contribution in [0, 0.1) is 11.7 Å². The fourth-order valence-electron chi connectivity index (χ4n) is 4.02. The number of hydrogen-bond acceptors (Lipinski definition) is 4. The summed E-state index contributed by atoms with van der Waals surface area (Å²) in [5, 5.41) is 4.23. The Morgan fingerprint density at radius 3 is 2.70 bits per heavy atom. The quantitative estimate of drug-likeness (QED) is 0.567. The second-order valence-electron chi connectivity index (χ2n) is 8.02. The Bertz CT molecular complexity index is 1150. The summed E-state index contributed by atoms with van der Waals surface area (Å²) < 4.78 is 19.4. The third kappa shape index (κ3) is 5.60. The van der Waals surface area contributed by atoms with Crippen LogP contribution in [-0.2, 0) is 16.0 Å². The minimum Gasteiger partial charge on any atom is -0.481 e. The minimum atomic E-state index is -0.261. The average molecular weight is 470 g/mol. The first kappa shape index (κ1) is 23.0. The summed E-state index contributed by atoms with van der Waals surface area (Å²) in [6.45, 7) is 1.27. The molecule has 0 spiro atoms. The molecule has 33 heavy (non-hydrogen) atoms. The molecule has 0 unspecified atom stereocenters. The molecule has 0 bridgehead atoms. The highest BCUT2D eigenvalue weighted by molar-refractivity contribution is 6.35. The highest BCUT2D eigenvalue weighted by Gasteiger charge is 2.27. The maximum atomic E-state index is 13.7. The molecule has 0 saturated carbocycles. The van der Waals surface area contributed by atoms with Gasteiger partial charge in [0.1, 0.15) is 17.1 Å². The number of likely N-dealkylation sites (tertiary alicyclic amines) is 1. The molecule has 6 nitrogen and oxygen atoms in total. The van der Waals surface area contributed by atoms with Gasteiger partial charge in [-0.05, 0) is 55.2 Å². The molecular formula is C25H25ClFN3O3. The molecular weight excluding hydrogens is 445 g/mol. The number of rotatable bonds is 7. The molecule has 2 amide bonds. The van der Waals surface area contributed by atoms with Gasteiger partial charge in [0.15, 0.2) is 6.61 Å². The predicted octanol–water partition coefficient (Wildman–Crippen LogP) is 4.00. The summed E-state index contributed by atoms with van der Waals surface area (Å²) in [7, 11) is 0. The Labute approximate surface area is 196 Å². The van der Waals surface area contributed by atoms with E-state index in [1.807, 2.05) is 6.07 Å². The van der Waals surface area contributed by atoms with Crippen LogP contribution < -0.4 is 10.1 Å². The summed E-state index contributed by atoms with van der Waals surface area (Å²) in [6, 6.07) is 13.6. The zero-order chi connectivity index (χ0) is 23.2. The van der Waals surface area contributed by atoms with Gasteiger partial charge in [0.2, 0.25) is 5.91 Å². The second-order valence-corrected chi connectivity index (χ2v) is 8.43. The van der Waals surface area contributed by atoms with E-state index in [9.17, 15) is 14.0 Å². The highest BCUT2D eigenvalue weighted by Crippen LogP contribution is 2.29. The first-order chi connectivity index (χ1) is 16.0. The van der Waals surface area contributed by atoms with Crippen LogP contribution in [0.3, 0.4) is 0 Å². The largest absolute Gasteiger partial charge is 0.481 e. The fourth-order valence-corrected chi connectivity index (χ4v) is 4.23. The Morgan fingerprint density at radius 2 is 1.91 bits per heavy atom. The van der Waals surface area contributed by atoms with E-state index < -0.39 is 0 Å². The normalized spacial score (nSPS) is 14.3. The number of carbonyl (C=O) groups excluding carboxylic acids is 2. The van der Waals surface area contributed by atoms with Crippen molar-refractivity contribution in [2.24, 2.45) is 5.92 Å². The number of pyridine rings is 1. The monoisotopic (exact) mass is 469 g/mol. The predicted molar refractivity (Wildman–Crippen MR) is 125 cm³/mol. The first-order valence-electron chi connectivity index (χ1n) is 11.0. The number of benzene rings is 2. The number of fused-ring (bicyclic) bond motifs is 1. The SMILES string of the molecule is O=C(NCCc1ccccc1F)C1CCN(C(=O)COc2ccc(Cl)c3cccnc23)CC1. The Kier molecular flexibility index (Phi) is 7.40. The molecule has 2 aromatic carbocycles. The molecule has 8 heteroatoms. The summed E-state index contributed by atoms with van der Waals surface area (Å²) in [6.07, 6.45) is 3.27. The van der Waals surface area contributed by atoms with Crippen LogP contribution in [0.15, 0.2) is 54.7 Å². The number of ether oxygens (including phenoxy) is 1. The maximum absolute atomic E-state index is 13.7. The van der Waals surface area contributed by atoms with Crippen molar-refractivity contribution in [3.8, 4) is 5.75 Å². The minimum absolute atomic E-state index is 0.0478. The summed E-state index contributed by atoms with van der Waals surface area (Å²) in [5.74, 6) is -0.0866. The molecule has 1 aliphatic rings. The van der Waals surface area contributed by atoms with Gasteiger partial charge < -0.3 is 15.0 Å². The number of amides is 2. The van der Waals surface area contributed by atoms with Crippen LogP contribution in [0.2, 0.25) is 5.02 Å². The Morgan fingerprint density at radius 1 is 1.12 bits per heavy atom. The summed E-state index contributed by atoms with van der Waals surface area (Å²) in [5.41, 5.74) is 1.20. The van der Waals surface area contributed by atoms with Gasteiger partial charge in [-0.25, -0.2) is 4.39 Å². The van der Waals surface area contributed by atoms with E-state index in [1.165, 1.54) is 6.07 Å². The van der Waals surface area contributed by atoms with Crippen molar-refractivity contribution in [2.45, 2.75) is 19.3 Å². The lowest BCUT2D eigenvalue weighted by molar-refractivity contribution is -0.137. The number of nitrogens with zero attached hydrogens (tertiary/aromatic N) is 2. The molecule has 4 rings (SSSR count). The molecule has 172 valence electrons. The lowest BCUT2D eigenvalue weighted by atomic mass is 9.96. The number of halogens is 2. The molecule has 1 saturated heterocycles. The van der Waals surface area contributed by atoms with E-state index in [0.29, 0.717) is 60.7 Å². The van der Waals surface area contributed by atoms with E-state index in [4.69, 9.17) is 16.3 Å². The van der Waals surface area contributed by atoms with Crippen LogP contribution in [0.4, 0.5) is 4.39 Å². The topological polar surface area (TPSA) is 71.5 Å². The molecule has 0 aliphatic carbocycles. The molecule has 3 aromatic rings. The number of hydrogen-bond donors (Lipinski definition) is 1. The van der Waals surface area contributed by atoms with Crippen LogP contribution in [0.1, 0.15) is 18.4 Å². The maximum Gasteiger partial charge on any atom is 0.260 e. The molecule has 2 heterocycles. The molecule has 1 fully saturated rings. The standard InChI is InChI=1S/C25H25ClFN3O3/c26-20-7-8-22(24-19(20)5-3-12-28-24)33-16-23(31)30-14-10-18(11-15-30)25(32)29-13-9-17-4-1-2-6-21(17)27/h1-8,12,18H,9-11,13-16H2,(H,29,32). The lowest BCUT2D eigenvalue weighted by Crippen LogP contribution is -2.44. The number of aromatic nitrogens is 1. The number of nitrogens with one attached hydrogen (secondary N) is 1. The van der Waals surface area contributed by atoms with Gasteiger partial charge in [-0.15, -0.1) is 0 Å². The van der Waals surface area contributed by atoms with Crippen LogP contribution in [-0.4, -0.2) is 47.9 Å². The van der Waals surface area contributed by atoms with E-state index in [-0.39, 0.29) is 30.2 Å². The molecule has 0 atom stereocenters. The van der Waals surface area contributed by atoms with E-state index >= 15 is 0 Å². The van der Waals surface area contributed by atoms with E-state index in [2.05, 4.69) is 10.3 Å². The molecule has 0 radical (unpaired) electrons. The van der Waals surface area contributed by atoms with E-state index in [0.717, 1.165) is 5.39 Å². The van der Waals surface area contributed by atoms with Crippen molar-refractivity contribution in [1.82, 2.24) is 15.2 Å². The number of carbonyl (C=O) groups is 2. The van der Waals surface area contributed by atoms with Gasteiger partial charge in [0.25, 0.3) is 5.91 Å². The van der Waals surface area contributed by atoms with Crippen molar-refractivity contribution in [1.29, 1.82) is 0 Å². The van der Waals surface area contributed by atoms with Crippen LogP contribution in [0.5, 0.6) is 5.75 Å². The fraction of sp³-hybridized carbons (Fsp3) is 0.320. The molecule has 1 aliphatic heterocycles. The third-order valence-electron chi connectivity index (χ3n) is 5.90. The van der Waals surface area contributed by atoms with Gasteiger partial charge >= 0.3 is 0 Å². The van der Waals surface area contributed by atoms with Crippen LogP contribution >= 0.6 is 11.6 Å². The molecule has 1 N–H and O–H groups in total. The average Bonchev–Trinajstić information content (AvgIpc) is 2.85. The van der Waals surface area contributed by atoms with Crippen LogP contribution in [0.25, 0.3) is 10.9 Å². The van der Waals surface area contributed by atoms with Gasteiger partial charge in [-0.3, -0.25) is 14.6 Å². The molecule has 1 aromatic heterocycles. The van der Waals surface area contributed by atoms with Gasteiger partial charge in [0.05, 0.1) is 5.02 Å². The van der Waals surface area contributed by atoms with Crippen molar-refractivity contribution in [3.63, 3.8) is 0 Å². The summed E-state index contributed by atoms with van der Waals surface area (Å²) >= 11 is 6.20. The van der Waals surface area contributed by atoms with Gasteiger partial charge in [-0.1, -0.05) is 29.8 Å². The zero-order valence-electron chi connectivity index (χ0n) is 18.1. The number of piperidine rings is 1. The van der Waals surface area contributed by atoms with Crippen molar-refractivity contribution < 1.29 is 18.7 Å². The van der Waals surface area contributed by atoms with Gasteiger partial charge in [0, 0.05) is 37.1 Å². The van der Waals surface area contributed by atoms with E-state index in [1.54, 1.807) is 47.5 Å². The Hall–Kier alpha value is -3.19. The zero-order valence-corrected chi connectivity index (χ0v) is 18.9. The van der Waals surface area contributed by atoms with Gasteiger partial charge in [-0.2, -0.15) is 0 Å². The first-order valence-corrected chi connectivity index (χ1v) is 11.4. The Balaban J connectivity index is 1.23. The highest BCUT2D eigenvalue weighted by atomic mass is 35.5. The van der Waals surface area contributed by atoms with Crippen molar-refractivity contribution in [2.75, 3.05) is 26.2 Å². The van der Waals surface area contributed by atoms with Crippen molar-refractivity contribution >= 4 is 34.3 Å². The summed E-state index contributed by atoms with van der Waals surface area (Å²) in [4.78, 5) is 31.1. The van der Waals surface area contributed by atoms with Crippen molar-refractivity contribution in [3.05, 3.63) is 71.1 Å². The smallest absolute Gasteiger partial charge is 0.260 e. The third-order valence-corrected chi connectivity index (χ3v) is 6.23. The lowest BCUT2D eigenvalue weighted by Gasteiger charge is -2.31.